The summed E-state index contributed by atoms with van der Waals surface area (Å²) in [6, 6.07) is 0.906. The van der Waals surface area contributed by atoms with Crippen molar-refractivity contribution in [2.45, 2.75) is 46.6 Å². The maximum absolute atomic E-state index is 2.50. The maximum atomic E-state index is 2.50. The molecule has 0 N–H and O–H groups in total. The lowest BCUT2D eigenvalue weighted by Crippen LogP contribution is -2.62. The molecule has 0 amide bonds. The molecule has 0 aromatic rings. The molecule has 82 valence electrons. The number of rotatable bonds is 0. The molecule has 1 spiro atoms. The van der Waals surface area contributed by atoms with Crippen LogP contribution in [0.15, 0.2) is 0 Å². The summed E-state index contributed by atoms with van der Waals surface area (Å²) < 4.78 is 1.45. The lowest BCUT2D eigenvalue weighted by atomic mass is 9.75. The second-order valence-corrected chi connectivity index (χ2v) is 5.99. The molecule has 2 heterocycles. The van der Waals surface area contributed by atoms with Crippen LogP contribution in [-0.2, 0) is 0 Å². The average Bonchev–Trinajstić information content (AvgIpc) is 2.62. The molecule has 0 radical (unpaired) electrons. The van der Waals surface area contributed by atoms with E-state index < -0.39 is 0 Å². The van der Waals surface area contributed by atoms with Crippen LogP contribution in [-0.4, -0.2) is 30.2 Å². The highest BCUT2D eigenvalue weighted by Gasteiger charge is 2.47. The number of hydrogen-bond acceptors (Lipinski definition) is 0. The molecule has 0 saturated carbocycles. The SMILES string of the molecule is CC1C[N+]2(CCCC2)C(C)C(C)C1C. The molecule has 0 aliphatic carbocycles. The Bertz CT molecular complexity index is 205. The highest BCUT2D eigenvalue weighted by Crippen LogP contribution is 2.40. The van der Waals surface area contributed by atoms with E-state index in [1.54, 1.807) is 0 Å². The summed E-state index contributed by atoms with van der Waals surface area (Å²) in [6.45, 7) is 14.3. The molecule has 0 aromatic carbocycles. The molecule has 2 rings (SSSR count). The Labute approximate surface area is 89.1 Å². The van der Waals surface area contributed by atoms with Crippen molar-refractivity contribution in [2.24, 2.45) is 17.8 Å². The Kier molecular flexibility index (Phi) is 2.63. The largest absolute Gasteiger partial charge is 0.321 e. The molecular formula is C13H26N+. The highest BCUT2D eigenvalue weighted by molar-refractivity contribution is 4.80. The first-order valence-electron chi connectivity index (χ1n) is 6.42. The molecule has 2 fully saturated rings. The quantitative estimate of drug-likeness (QED) is 0.523. The van der Waals surface area contributed by atoms with Crippen molar-refractivity contribution in [3.8, 4) is 0 Å². The van der Waals surface area contributed by atoms with Gasteiger partial charge in [0.15, 0.2) is 0 Å². The fourth-order valence-corrected chi connectivity index (χ4v) is 3.92. The van der Waals surface area contributed by atoms with Crippen LogP contribution in [0.1, 0.15) is 40.5 Å². The van der Waals surface area contributed by atoms with Gasteiger partial charge in [0.25, 0.3) is 0 Å². The van der Waals surface area contributed by atoms with Gasteiger partial charge in [0.2, 0.25) is 0 Å². The van der Waals surface area contributed by atoms with Gasteiger partial charge in [-0.25, -0.2) is 0 Å². The average molecular weight is 196 g/mol. The van der Waals surface area contributed by atoms with Gasteiger partial charge in [0.1, 0.15) is 0 Å². The molecular weight excluding hydrogens is 170 g/mol. The van der Waals surface area contributed by atoms with E-state index in [-0.39, 0.29) is 0 Å². The summed E-state index contributed by atoms with van der Waals surface area (Å²) in [6.07, 6.45) is 2.94. The number of quaternary nitrogens is 1. The van der Waals surface area contributed by atoms with E-state index in [1.165, 1.54) is 37.0 Å². The summed E-state index contributed by atoms with van der Waals surface area (Å²) >= 11 is 0. The monoisotopic (exact) mass is 196 g/mol. The van der Waals surface area contributed by atoms with E-state index in [0.29, 0.717) is 0 Å². The van der Waals surface area contributed by atoms with Gasteiger partial charge in [-0.15, -0.1) is 0 Å². The van der Waals surface area contributed by atoms with Gasteiger partial charge >= 0.3 is 0 Å². The van der Waals surface area contributed by atoms with Crippen LogP contribution in [0.25, 0.3) is 0 Å². The molecule has 2 aliphatic heterocycles. The molecule has 4 unspecified atom stereocenters. The minimum Gasteiger partial charge on any atom is -0.321 e. The van der Waals surface area contributed by atoms with E-state index in [4.69, 9.17) is 0 Å². The van der Waals surface area contributed by atoms with Crippen molar-refractivity contribution in [3.05, 3.63) is 0 Å². The first-order chi connectivity index (χ1) is 6.57. The summed E-state index contributed by atoms with van der Waals surface area (Å²) in [5, 5.41) is 0. The normalized spacial score (nSPS) is 47.1. The Morgan fingerprint density at radius 3 is 2.00 bits per heavy atom. The third kappa shape index (κ3) is 1.41. The first kappa shape index (κ1) is 10.5. The second-order valence-electron chi connectivity index (χ2n) is 5.99. The topological polar surface area (TPSA) is 0 Å². The van der Waals surface area contributed by atoms with Gasteiger partial charge in [-0.3, -0.25) is 0 Å². The zero-order chi connectivity index (χ0) is 10.3. The van der Waals surface area contributed by atoms with Crippen LogP contribution in [0.3, 0.4) is 0 Å². The van der Waals surface area contributed by atoms with Crippen molar-refractivity contribution in [1.82, 2.24) is 0 Å². The van der Waals surface area contributed by atoms with Gasteiger partial charge in [-0.05, 0) is 12.8 Å². The Hall–Kier alpha value is -0.0400. The molecule has 2 aliphatic rings. The van der Waals surface area contributed by atoms with Gasteiger partial charge in [0, 0.05) is 24.7 Å². The smallest absolute Gasteiger partial charge is 0.0890 e. The Balaban J connectivity index is 2.19. The van der Waals surface area contributed by atoms with E-state index in [0.717, 1.165) is 23.8 Å². The molecule has 0 aromatic heterocycles. The van der Waals surface area contributed by atoms with Crippen molar-refractivity contribution in [3.63, 3.8) is 0 Å². The van der Waals surface area contributed by atoms with E-state index in [9.17, 15) is 0 Å². The summed E-state index contributed by atoms with van der Waals surface area (Å²) in [7, 11) is 0. The lowest BCUT2D eigenvalue weighted by molar-refractivity contribution is -0.951. The predicted molar refractivity (Wildman–Crippen MR) is 61.0 cm³/mol. The van der Waals surface area contributed by atoms with Gasteiger partial charge < -0.3 is 4.48 Å². The fourth-order valence-electron chi connectivity index (χ4n) is 3.92. The molecule has 1 nitrogen and oxygen atoms in total. The van der Waals surface area contributed by atoms with E-state index >= 15 is 0 Å². The van der Waals surface area contributed by atoms with Crippen LogP contribution in [0.5, 0.6) is 0 Å². The minimum absolute atomic E-state index is 0.906. The highest BCUT2D eigenvalue weighted by atomic mass is 15.4. The van der Waals surface area contributed by atoms with Crippen LogP contribution >= 0.6 is 0 Å². The van der Waals surface area contributed by atoms with Crippen LogP contribution < -0.4 is 0 Å². The van der Waals surface area contributed by atoms with Gasteiger partial charge in [0.05, 0.1) is 25.7 Å². The van der Waals surface area contributed by atoms with Gasteiger partial charge in [-0.1, -0.05) is 20.8 Å². The van der Waals surface area contributed by atoms with E-state index in [2.05, 4.69) is 27.7 Å². The molecule has 1 heteroatoms. The lowest BCUT2D eigenvalue weighted by Gasteiger charge is -2.51. The molecule has 14 heavy (non-hydrogen) atoms. The third-order valence-corrected chi connectivity index (χ3v) is 5.46. The third-order valence-electron chi connectivity index (χ3n) is 5.46. The van der Waals surface area contributed by atoms with Gasteiger partial charge in [-0.2, -0.15) is 0 Å². The summed E-state index contributed by atoms with van der Waals surface area (Å²) in [5.41, 5.74) is 0. The Morgan fingerprint density at radius 2 is 1.43 bits per heavy atom. The molecule has 4 atom stereocenters. The zero-order valence-electron chi connectivity index (χ0n) is 10.3. The van der Waals surface area contributed by atoms with Crippen LogP contribution in [0.4, 0.5) is 0 Å². The van der Waals surface area contributed by atoms with Crippen molar-refractivity contribution < 1.29 is 4.48 Å². The van der Waals surface area contributed by atoms with Crippen molar-refractivity contribution >= 4 is 0 Å². The summed E-state index contributed by atoms with van der Waals surface area (Å²) in [4.78, 5) is 0. The first-order valence-corrected chi connectivity index (χ1v) is 6.42. The minimum atomic E-state index is 0.906. The zero-order valence-corrected chi connectivity index (χ0v) is 10.3. The molecule has 2 saturated heterocycles. The van der Waals surface area contributed by atoms with Crippen LogP contribution in [0, 0.1) is 17.8 Å². The van der Waals surface area contributed by atoms with Crippen molar-refractivity contribution in [1.29, 1.82) is 0 Å². The summed E-state index contributed by atoms with van der Waals surface area (Å²) in [5.74, 6) is 2.77. The predicted octanol–water partition coefficient (Wildman–Crippen LogP) is 2.91. The fraction of sp³-hybridized carbons (Fsp3) is 1.00. The Morgan fingerprint density at radius 1 is 0.857 bits per heavy atom. The van der Waals surface area contributed by atoms with Crippen LogP contribution in [0.2, 0.25) is 0 Å². The van der Waals surface area contributed by atoms with Crippen molar-refractivity contribution in [2.75, 3.05) is 19.6 Å². The standard InChI is InChI=1S/C13H26N/c1-10-9-14(7-5-6-8-14)13(4)12(3)11(10)2/h10-13H,5-9H2,1-4H3/q+1. The number of piperidine rings is 1. The molecule has 0 bridgehead atoms. The van der Waals surface area contributed by atoms with E-state index in [1.807, 2.05) is 0 Å². The second kappa shape index (κ2) is 3.52. The number of nitrogens with zero attached hydrogens (tertiary/aromatic N) is 1. The maximum Gasteiger partial charge on any atom is 0.0890 e. The number of hydrogen-bond donors (Lipinski definition) is 0.